The number of aromatic nitrogens is 1. The van der Waals surface area contributed by atoms with Gasteiger partial charge >= 0.3 is 5.97 Å². The third kappa shape index (κ3) is 4.08. The number of rotatable bonds is 5. The number of hydrogen-bond acceptors (Lipinski definition) is 4. The van der Waals surface area contributed by atoms with Gasteiger partial charge < -0.3 is 4.74 Å². The van der Waals surface area contributed by atoms with Crippen LogP contribution in [0.25, 0.3) is 0 Å². The lowest BCUT2D eigenvalue weighted by Crippen LogP contribution is -2.35. The fraction of sp³-hybridized carbons (Fsp3) is 0.455. The Morgan fingerprint density at radius 2 is 2.40 bits per heavy atom. The highest BCUT2D eigenvalue weighted by atomic mass is 16.5. The van der Waals surface area contributed by atoms with Gasteiger partial charge in [-0.2, -0.15) is 0 Å². The number of hydrogen-bond donors (Lipinski definition) is 1. The number of ether oxygens (including phenoxy) is 1. The summed E-state index contributed by atoms with van der Waals surface area (Å²) in [4.78, 5) is 15.4. The standard InChI is InChI=1S/C11H16N2O2/c1-3-15-11(14)9(2)13-8-10-6-4-5-7-12-10/h4-7,9,13H,3,8H2,1-2H3/t9-/m0/s1. The first-order valence-corrected chi connectivity index (χ1v) is 5.04. The second-order valence-corrected chi connectivity index (χ2v) is 3.18. The average Bonchev–Trinajstić information content (AvgIpc) is 2.27. The van der Waals surface area contributed by atoms with E-state index in [9.17, 15) is 4.79 Å². The molecule has 0 saturated heterocycles. The van der Waals surface area contributed by atoms with Gasteiger partial charge in [-0.25, -0.2) is 0 Å². The van der Waals surface area contributed by atoms with E-state index in [1.165, 1.54) is 0 Å². The Morgan fingerprint density at radius 3 is 3.00 bits per heavy atom. The van der Waals surface area contributed by atoms with Crippen molar-refractivity contribution in [2.24, 2.45) is 0 Å². The van der Waals surface area contributed by atoms with E-state index in [1.807, 2.05) is 18.2 Å². The minimum atomic E-state index is -0.299. The zero-order valence-electron chi connectivity index (χ0n) is 9.06. The van der Waals surface area contributed by atoms with E-state index in [2.05, 4.69) is 10.3 Å². The summed E-state index contributed by atoms with van der Waals surface area (Å²) in [6, 6.07) is 5.38. The molecule has 15 heavy (non-hydrogen) atoms. The van der Waals surface area contributed by atoms with Crippen molar-refractivity contribution in [3.63, 3.8) is 0 Å². The molecule has 0 aromatic carbocycles. The van der Waals surface area contributed by atoms with E-state index in [0.717, 1.165) is 5.69 Å². The van der Waals surface area contributed by atoms with Crippen LogP contribution < -0.4 is 5.32 Å². The Labute approximate surface area is 89.7 Å². The molecule has 0 amide bonds. The van der Waals surface area contributed by atoms with Crippen molar-refractivity contribution in [1.29, 1.82) is 0 Å². The van der Waals surface area contributed by atoms with Crippen molar-refractivity contribution in [2.45, 2.75) is 26.4 Å². The smallest absolute Gasteiger partial charge is 0.322 e. The first kappa shape index (κ1) is 11.7. The van der Waals surface area contributed by atoms with E-state index < -0.39 is 0 Å². The highest BCUT2D eigenvalue weighted by molar-refractivity contribution is 5.75. The van der Waals surface area contributed by atoms with Crippen molar-refractivity contribution in [1.82, 2.24) is 10.3 Å². The summed E-state index contributed by atoms with van der Waals surface area (Å²) in [5, 5.41) is 3.05. The fourth-order valence-corrected chi connectivity index (χ4v) is 1.11. The lowest BCUT2D eigenvalue weighted by molar-refractivity contribution is -0.145. The Kier molecular flexibility index (Phi) is 4.77. The molecule has 0 radical (unpaired) electrons. The predicted octanol–water partition coefficient (Wildman–Crippen LogP) is 1.12. The molecule has 1 rings (SSSR count). The molecule has 0 saturated carbocycles. The van der Waals surface area contributed by atoms with Crippen LogP contribution in [0.3, 0.4) is 0 Å². The summed E-state index contributed by atoms with van der Waals surface area (Å²) in [6.45, 7) is 4.56. The van der Waals surface area contributed by atoms with E-state index in [-0.39, 0.29) is 12.0 Å². The van der Waals surface area contributed by atoms with Gasteiger partial charge in [-0.05, 0) is 26.0 Å². The molecule has 0 spiro atoms. The molecule has 0 aliphatic carbocycles. The number of pyridine rings is 1. The maximum absolute atomic E-state index is 11.3. The maximum Gasteiger partial charge on any atom is 0.322 e. The second-order valence-electron chi connectivity index (χ2n) is 3.18. The molecule has 0 bridgehead atoms. The summed E-state index contributed by atoms with van der Waals surface area (Å²) in [6.07, 6.45) is 1.73. The minimum Gasteiger partial charge on any atom is -0.465 e. The van der Waals surface area contributed by atoms with Crippen molar-refractivity contribution in [3.05, 3.63) is 30.1 Å². The molecular weight excluding hydrogens is 192 g/mol. The predicted molar refractivity (Wildman–Crippen MR) is 57.2 cm³/mol. The number of esters is 1. The minimum absolute atomic E-state index is 0.228. The van der Waals surface area contributed by atoms with Gasteiger partial charge in [0.1, 0.15) is 6.04 Å². The fourth-order valence-electron chi connectivity index (χ4n) is 1.11. The van der Waals surface area contributed by atoms with Gasteiger partial charge in [0.25, 0.3) is 0 Å². The number of nitrogens with zero attached hydrogens (tertiary/aromatic N) is 1. The quantitative estimate of drug-likeness (QED) is 0.737. The highest BCUT2D eigenvalue weighted by Crippen LogP contribution is 1.94. The molecular formula is C11H16N2O2. The van der Waals surface area contributed by atoms with Crippen molar-refractivity contribution in [3.8, 4) is 0 Å². The summed E-state index contributed by atoms with van der Waals surface area (Å²) >= 11 is 0. The Hall–Kier alpha value is -1.42. The SMILES string of the molecule is CCOC(=O)[C@H](C)NCc1ccccn1. The van der Waals surface area contributed by atoms with E-state index in [0.29, 0.717) is 13.2 Å². The largest absolute Gasteiger partial charge is 0.465 e. The first-order chi connectivity index (χ1) is 7.24. The molecule has 1 aromatic rings. The summed E-state index contributed by atoms with van der Waals surface area (Å²) < 4.78 is 4.87. The molecule has 4 nitrogen and oxygen atoms in total. The Balaban J connectivity index is 2.34. The molecule has 0 aliphatic rings. The van der Waals surface area contributed by atoms with Crippen molar-refractivity contribution < 1.29 is 9.53 Å². The van der Waals surface area contributed by atoms with Gasteiger partial charge in [-0.3, -0.25) is 15.1 Å². The zero-order chi connectivity index (χ0) is 11.1. The molecule has 0 unspecified atom stereocenters. The van der Waals surface area contributed by atoms with Gasteiger partial charge in [0.2, 0.25) is 0 Å². The van der Waals surface area contributed by atoms with Crippen LogP contribution in [-0.2, 0) is 16.1 Å². The van der Waals surface area contributed by atoms with Crippen LogP contribution in [0.1, 0.15) is 19.5 Å². The van der Waals surface area contributed by atoms with Gasteiger partial charge in [0.05, 0.1) is 12.3 Å². The van der Waals surface area contributed by atoms with Gasteiger partial charge in [0, 0.05) is 12.7 Å². The number of carbonyl (C=O) groups excluding carboxylic acids is 1. The summed E-state index contributed by atoms with van der Waals surface area (Å²) in [5.74, 6) is -0.228. The molecule has 1 N–H and O–H groups in total. The second kappa shape index (κ2) is 6.14. The highest BCUT2D eigenvalue weighted by Gasteiger charge is 2.12. The van der Waals surface area contributed by atoms with Gasteiger partial charge in [0.15, 0.2) is 0 Å². The molecule has 4 heteroatoms. The number of nitrogens with one attached hydrogen (secondary N) is 1. The lowest BCUT2D eigenvalue weighted by Gasteiger charge is -2.11. The van der Waals surface area contributed by atoms with Crippen LogP contribution in [0, 0.1) is 0 Å². The van der Waals surface area contributed by atoms with Gasteiger partial charge in [-0.15, -0.1) is 0 Å². The van der Waals surface area contributed by atoms with Crippen LogP contribution in [-0.4, -0.2) is 23.6 Å². The first-order valence-electron chi connectivity index (χ1n) is 5.04. The molecule has 0 fully saturated rings. The topological polar surface area (TPSA) is 51.2 Å². The van der Waals surface area contributed by atoms with Crippen LogP contribution in [0.5, 0.6) is 0 Å². The summed E-state index contributed by atoms with van der Waals surface area (Å²) in [7, 11) is 0. The molecule has 1 aromatic heterocycles. The van der Waals surface area contributed by atoms with E-state index >= 15 is 0 Å². The lowest BCUT2D eigenvalue weighted by atomic mass is 10.3. The van der Waals surface area contributed by atoms with Crippen molar-refractivity contribution in [2.75, 3.05) is 6.61 Å². The molecule has 82 valence electrons. The Morgan fingerprint density at radius 1 is 1.60 bits per heavy atom. The van der Waals surface area contributed by atoms with Crippen LogP contribution in [0.2, 0.25) is 0 Å². The third-order valence-corrected chi connectivity index (χ3v) is 1.96. The van der Waals surface area contributed by atoms with E-state index in [4.69, 9.17) is 4.74 Å². The third-order valence-electron chi connectivity index (χ3n) is 1.96. The monoisotopic (exact) mass is 208 g/mol. The molecule has 1 heterocycles. The van der Waals surface area contributed by atoms with Crippen LogP contribution >= 0.6 is 0 Å². The zero-order valence-corrected chi connectivity index (χ0v) is 9.06. The molecule has 1 atom stereocenters. The van der Waals surface area contributed by atoms with Crippen molar-refractivity contribution >= 4 is 5.97 Å². The average molecular weight is 208 g/mol. The van der Waals surface area contributed by atoms with Crippen LogP contribution in [0.15, 0.2) is 24.4 Å². The maximum atomic E-state index is 11.3. The molecule has 0 aliphatic heterocycles. The Bertz CT molecular complexity index is 301. The normalized spacial score (nSPS) is 12.1. The summed E-state index contributed by atoms with van der Waals surface area (Å²) in [5.41, 5.74) is 0.911. The van der Waals surface area contributed by atoms with Gasteiger partial charge in [-0.1, -0.05) is 6.07 Å². The van der Waals surface area contributed by atoms with E-state index in [1.54, 1.807) is 20.0 Å². The number of carbonyl (C=O) groups is 1. The van der Waals surface area contributed by atoms with Crippen LogP contribution in [0.4, 0.5) is 0 Å².